The Labute approximate surface area is 80.6 Å². The lowest BCUT2D eigenvalue weighted by Gasteiger charge is -2.15. The molecule has 11 heavy (non-hydrogen) atoms. The van der Waals surface area contributed by atoms with Crippen LogP contribution >= 0.6 is 27.7 Å². The van der Waals surface area contributed by atoms with Crippen LogP contribution in [0.5, 0.6) is 0 Å². The van der Waals surface area contributed by atoms with Gasteiger partial charge in [0.15, 0.2) is 5.17 Å². The maximum atomic E-state index is 4.43. The Morgan fingerprint density at radius 1 is 1.82 bits per heavy atom. The van der Waals surface area contributed by atoms with Crippen LogP contribution in [-0.4, -0.2) is 40.8 Å². The molecule has 1 unspecified atom stereocenters. The fourth-order valence-corrected chi connectivity index (χ4v) is 2.40. The van der Waals surface area contributed by atoms with Crippen LogP contribution in [0.3, 0.4) is 0 Å². The van der Waals surface area contributed by atoms with Crippen LogP contribution in [-0.2, 0) is 0 Å². The molecular formula is C7H13BrN2S. The van der Waals surface area contributed by atoms with E-state index in [9.17, 15) is 0 Å². The number of aliphatic imine (C=N–C) groups is 1. The highest BCUT2D eigenvalue weighted by Gasteiger charge is 2.19. The van der Waals surface area contributed by atoms with Crippen LogP contribution < -0.4 is 0 Å². The minimum absolute atomic E-state index is 0.652. The second-order valence-electron chi connectivity index (χ2n) is 2.53. The van der Waals surface area contributed by atoms with Crippen molar-refractivity contribution in [2.75, 3.05) is 25.5 Å². The Bertz CT molecular complexity index is 161. The number of hydrogen-bond acceptors (Lipinski definition) is 3. The fraction of sp³-hybridized carbons (Fsp3) is 0.857. The quantitative estimate of drug-likeness (QED) is 0.680. The molecule has 0 spiro atoms. The molecule has 0 amide bonds. The van der Waals surface area contributed by atoms with Gasteiger partial charge in [-0.3, -0.25) is 4.99 Å². The minimum atomic E-state index is 0.652. The third kappa shape index (κ3) is 2.37. The molecule has 0 radical (unpaired) electrons. The number of amidine groups is 1. The lowest BCUT2D eigenvalue weighted by molar-refractivity contribution is 0.546. The lowest BCUT2D eigenvalue weighted by Crippen LogP contribution is -2.22. The van der Waals surface area contributed by atoms with Crippen LogP contribution in [0, 0.1) is 0 Å². The van der Waals surface area contributed by atoms with Gasteiger partial charge in [-0.15, -0.1) is 0 Å². The molecule has 0 aromatic heterocycles. The predicted molar refractivity (Wildman–Crippen MR) is 55.8 cm³/mol. The average Bonchev–Trinajstić information content (AvgIpc) is 2.50. The molecule has 1 atom stereocenters. The maximum absolute atomic E-state index is 4.43. The molecule has 0 fully saturated rings. The summed E-state index contributed by atoms with van der Waals surface area (Å²) >= 11 is 5.33. The van der Waals surface area contributed by atoms with Gasteiger partial charge in [0.2, 0.25) is 0 Å². The van der Waals surface area contributed by atoms with Gasteiger partial charge in [-0.1, -0.05) is 27.7 Å². The summed E-state index contributed by atoms with van der Waals surface area (Å²) in [6.45, 7) is 4.15. The van der Waals surface area contributed by atoms with Crippen LogP contribution in [0.15, 0.2) is 4.99 Å². The van der Waals surface area contributed by atoms with Crippen molar-refractivity contribution in [3.8, 4) is 0 Å². The van der Waals surface area contributed by atoms with Gasteiger partial charge in [0.1, 0.15) is 0 Å². The number of halogens is 1. The van der Waals surface area contributed by atoms with Gasteiger partial charge in [-0.05, 0) is 6.92 Å². The van der Waals surface area contributed by atoms with E-state index in [-0.39, 0.29) is 0 Å². The van der Waals surface area contributed by atoms with Crippen molar-refractivity contribution in [1.82, 2.24) is 4.90 Å². The number of hydrogen-bond donors (Lipinski definition) is 0. The van der Waals surface area contributed by atoms with Gasteiger partial charge in [0, 0.05) is 24.2 Å². The van der Waals surface area contributed by atoms with Crippen molar-refractivity contribution < 1.29 is 0 Å². The van der Waals surface area contributed by atoms with E-state index < -0.39 is 0 Å². The summed E-state index contributed by atoms with van der Waals surface area (Å²) in [6, 6.07) is 0. The molecule has 64 valence electrons. The van der Waals surface area contributed by atoms with Gasteiger partial charge in [0.25, 0.3) is 0 Å². The number of thioether (sulfide) groups is 1. The summed E-state index contributed by atoms with van der Waals surface area (Å²) in [4.78, 5) is 6.62. The molecule has 0 saturated carbocycles. The van der Waals surface area contributed by atoms with Crippen molar-refractivity contribution in [2.24, 2.45) is 4.99 Å². The predicted octanol–water partition coefficient (Wildman–Crippen LogP) is 1.80. The number of rotatable bonds is 2. The Morgan fingerprint density at radius 2 is 2.55 bits per heavy atom. The Morgan fingerprint density at radius 3 is 3.00 bits per heavy atom. The Kier molecular flexibility index (Phi) is 3.72. The molecule has 1 rings (SSSR count). The highest BCUT2D eigenvalue weighted by molar-refractivity contribution is 9.09. The van der Waals surface area contributed by atoms with E-state index in [0.717, 1.165) is 18.4 Å². The van der Waals surface area contributed by atoms with E-state index >= 15 is 0 Å². The minimum Gasteiger partial charge on any atom is -0.355 e. The SMILES string of the molecule is CCN(C)C1=NCC(CBr)S1. The van der Waals surface area contributed by atoms with Crippen molar-refractivity contribution in [1.29, 1.82) is 0 Å². The molecule has 2 nitrogen and oxygen atoms in total. The largest absolute Gasteiger partial charge is 0.355 e. The molecule has 0 aromatic carbocycles. The molecule has 1 heterocycles. The summed E-state index contributed by atoms with van der Waals surface area (Å²) in [5, 5.41) is 2.89. The van der Waals surface area contributed by atoms with E-state index in [2.05, 4.69) is 39.8 Å². The monoisotopic (exact) mass is 236 g/mol. The summed E-state index contributed by atoms with van der Waals surface area (Å²) in [7, 11) is 2.09. The number of alkyl halides is 1. The zero-order valence-corrected chi connectivity index (χ0v) is 9.28. The van der Waals surface area contributed by atoms with E-state index in [1.54, 1.807) is 0 Å². The van der Waals surface area contributed by atoms with Crippen molar-refractivity contribution >= 4 is 32.9 Å². The van der Waals surface area contributed by atoms with Crippen LogP contribution in [0.4, 0.5) is 0 Å². The first-order valence-electron chi connectivity index (χ1n) is 3.76. The van der Waals surface area contributed by atoms with Gasteiger partial charge in [-0.25, -0.2) is 0 Å². The summed E-state index contributed by atoms with van der Waals surface area (Å²) in [5.41, 5.74) is 0. The van der Waals surface area contributed by atoms with Gasteiger partial charge < -0.3 is 4.90 Å². The molecule has 0 saturated heterocycles. The van der Waals surface area contributed by atoms with Crippen LogP contribution in [0.25, 0.3) is 0 Å². The third-order valence-electron chi connectivity index (χ3n) is 1.68. The van der Waals surface area contributed by atoms with E-state index in [1.165, 1.54) is 5.17 Å². The molecular weight excluding hydrogens is 224 g/mol. The smallest absolute Gasteiger partial charge is 0.159 e. The molecule has 1 aliphatic heterocycles. The summed E-state index contributed by atoms with van der Waals surface area (Å²) in [6.07, 6.45) is 0. The first-order chi connectivity index (χ1) is 5.27. The highest BCUT2D eigenvalue weighted by atomic mass is 79.9. The highest BCUT2D eigenvalue weighted by Crippen LogP contribution is 2.23. The third-order valence-corrected chi connectivity index (χ3v) is 4.19. The molecule has 0 aliphatic carbocycles. The Balaban J connectivity index is 2.39. The average molecular weight is 237 g/mol. The molecule has 4 heteroatoms. The van der Waals surface area contributed by atoms with Crippen molar-refractivity contribution in [2.45, 2.75) is 12.2 Å². The first kappa shape index (κ1) is 9.39. The topological polar surface area (TPSA) is 15.6 Å². The van der Waals surface area contributed by atoms with Gasteiger partial charge >= 0.3 is 0 Å². The lowest BCUT2D eigenvalue weighted by atomic mass is 10.5. The normalized spacial score (nSPS) is 23.5. The van der Waals surface area contributed by atoms with E-state index in [4.69, 9.17) is 0 Å². The molecule has 0 aromatic rings. The second kappa shape index (κ2) is 4.36. The van der Waals surface area contributed by atoms with E-state index in [1.807, 2.05) is 11.8 Å². The summed E-state index contributed by atoms with van der Waals surface area (Å²) in [5.74, 6) is 0. The maximum Gasteiger partial charge on any atom is 0.159 e. The zero-order chi connectivity index (χ0) is 8.27. The van der Waals surface area contributed by atoms with Crippen LogP contribution in [0.1, 0.15) is 6.92 Å². The van der Waals surface area contributed by atoms with Crippen molar-refractivity contribution in [3.05, 3.63) is 0 Å². The molecule has 1 aliphatic rings. The van der Waals surface area contributed by atoms with E-state index in [0.29, 0.717) is 5.25 Å². The number of nitrogens with zero attached hydrogens (tertiary/aromatic N) is 2. The Hall–Kier alpha value is 0.300. The standard InChI is InChI=1S/C7H13BrN2S/c1-3-10(2)7-9-5-6(4-8)11-7/h6H,3-5H2,1-2H3. The zero-order valence-electron chi connectivity index (χ0n) is 6.88. The fourth-order valence-electron chi connectivity index (χ4n) is 0.830. The van der Waals surface area contributed by atoms with Crippen molar-refractivity contribution in [3.63, 3.8) is 0 Å². The first-order valence-corrected chi connectivity index (χ1v) is 5.76. The molecule has 0 N–H and O–H groups in total. The van der Waals surface area contributed by atoms with Gasteiger partial charge in [-0.2, -0.15) is 0 Å². The molecule has 0 bridgehead atoms. The second-order valence-corrected chi connectivity index (χ2v) is 4.45. The summed E-state index contributed by atoms with van der Waals surface area (Å²) < 4.78 is 0. The van der Waals surface area contributed by atoms with Crippen LogP contribution in [0.2, 0.25) is 0 Å². The van der Waals surface area contributed by atoms with Gasteiger partial charge in [0.05, 0.1) is 6.54 Å².